The van der Waals surface area contributed by atoms with Gasteiger partial charge in [0, 0.05) is 6.61 Å². The number of rotatable bonds is 23. The minimum Gasteiger partial charge on any atom is -0.479 e. The van der Waals surface area contributed by atoms with Gasteiger partial charge in [-0.15, -0.1) is 0 Å². The van der Waals surface area contributed by atoms with Crippen LogP contribution in [0.3, 0.4) is 0 Å². The summed E-state index contributed by atoms with van der Waals surface area (Å²) < 4.78 is 249. The van der Waals surface area contributed by atoms with E-state index >= 15 is 0 Å². The van der Waals surface area contributed by atoms with Crippen molar-refractivity contribution in [2.75, 3.05) is 6.61 Å². The fourth-order valence-corrected chi connectivity index (χ4v) is 11.0. The highest BCUT2D eigenvalue weighted by molar-refractivity contribution is 7.81. The van der Waals surface area contributed by atoms with Crippen LogP contribution in [-0.4, -0.2) is 267 Å². The maximum absolute atomic E-state index is 12.5. The smallest absolute Gasteiger partial charge is 0.397 e. The summed E-state index contributed by atoms with van der Waals surface area (Å²) in [5.74, 6) is -2.10. The third kappa shape index (κ3) is 16.9. The van der Waals surface area contributed by atoms with Crippen LogP contribution in [0.25, 0.3) is 0 Å². The van der Waals surface area contributed by atoms with Gasteiger partial charge in [-0.05, 0) is 34.1 Å². The molecule has 0 aromatic carbocycles. The minimum absolute atomic E-state index is 0.168. The molecule has 5 saturated heterocycles. The molecule has 5 aliphatic rings. The number of aliphatic hydroxyl groups excluding tert-OH is 6. The Balaban J connectivity index is 1.72. The van der Waals surface area contributed by atoms with Gasteiger partial charge in [-0.25, -0.2) is 25.7 Å². The topological polar surface area (TPSA) is 569 Å². The van der Waals surface area contributed by atoms with E-state index < -0.39 is 211 Å². The Hall–Kier alpha value is -1.82. The highest BCUT2D eigenvalue weighted by Gasteiger charge is 2.61. The van der Waals surface area contributed by atoms with Crippen molar-refractivity contribution < 1.29 is 174 Å². The van der Waals surface area contributed by atoms with E-state index in [4.69, 9.17) is 55.7 Å². The van der Waals surface area contributed by atoms with Gasteiger partial charge in [0.05, 0.1) is 24.4 Å². The van der Waals surface area contributed by atoms with Crippen LogP contribution in [0.15, 0.2) is 0 Å². The number of carboxylic acids is 1. The predicted octanol–water partition coefficient (Wildman–Crippen LogP) is -7.15. The zero-order valence-corrected chi connectivity index (χ0v) is 43.5. The Morgan fingerprint density at radius 1 is 0.447 bits per heavy atom. The molecule has 43 heteroatoms. The molecule has 0 unspecified atom stereocenters. The van der Waals surface area contributed by atoms with Crippen LogP contribution in [0.1, 0.15) is 41.0 Å². The Kier molecular flexibility index (Phi) is 21.5. The van der Waals surface area contributed by atoms with Gasteiger partial charge in [0.1, 0.15) is 91.6 Å². The summed E-state index contributed by atoms with van der Waals surface area (Å²) in [7, 11) is -28.3. The summed E-state index contributed by atoms with van der Waals surface area (Å²) in [6, 6.07) is 0. The van der Waals surface area contributed by atoms with Crippen LogP contribution in [0.5, 0.6) is 0 Å². The van der Waals surface area contributed by atoms with Crippen molar-refractivity contribution in [3.8, 4) is 0 Å². The molecule has 0 spiro atoms. The van der Waals surface area contributed by atoms with Crippen LogP contribution in [0.4, 0.5) is 0 Å². The number of aliphatic hydroxyl groups is 6. The number of aliphatic carboxylic acids is 1. The van der Waals surface area contributed by atoms with Crippen molar-refractivity contribution in [3.63, 3.8) is 0 Å². The second-order valence-corrected chi connectivity index (χ2v) is 22.5. The largest absolute Gasteiger partial charge is 0.479 e. The first-order valence-corrected chi connectivity index (χ1v) is 28.6. The van der Waals surface area contributed by atoms with E-state index in [1.165, 1.54) is 0 Å². The third-order valence-electron chi connectivity index (χ3n) is 11.5. The van der Waals surface area contributed by atoms with E-state index in [1.807, 2.05) is 0 Å². The molecule has 5 aliphatic heterocycles. The molecule has 5 heterocycles. The van der Waals surface area contributed by atoms with Crippen molar-refractivity contribution in [1.82, 2.24) is 0 Å². The van der Waals surface area contributed by atoms with Crippen molar-refractivity contribution in [1.29, 1.82) is 0 Å². The normalized spacial score (nSPS) is 42.6. The average Bonchev–Trinajstić information content (AvgIpc) is 3.55. The molecule has 0 saturated carbocycles. The van der Waals surface area contributed by atoms with Gasteiger partial charge in [0.15, 0.2) is 37.6 Å². The van der Waals surface area contributed by atoms with Gasteiger partial charge in [0.2, 0.25) is 0 Å². The summed E-state index contributed by atoms with van der Waals surface area (Å²) in [6.07, 6.45) is -58.9. The zero-order chi connectivity index (χ0) is 57.5. The standard InChI is InChI=1S/C33H56O38S5/c1-6-7-57-29-14(37)21(18(9(3)58-29)67-72(42,43)44)62-33-27(66-32-25(13(36)12(35)24(63-32)28(40)41)64-31-15(38)22(70-75(51,52)53)17(61-31)8(2)34)26(20(11(5)60-33)69-74(48,49)50)65-30-16(39)23(71-76(54,55)56)19(10(4)59-30)68-73(45,46)47/h8-27,29-39H,6-7H2,1-5H3,(H,40,41)(H,42,43,44)(H,45,46,47)(H,48,49,50)(H,51,52,53)(H,54,55,56)/t8-,9-,10-,11-,12+,13+,14-,15+,16-,17-,18+,19+,20+,21-,22+,23-,24+,25-,26+,27-,29+,30-,31+,32-,33-/m1/s1. The van der Waals surface area contributed by atoms with Crippen LogP contribution in [0.2, 0.25) is 0 Å². The summed E-state index contributed by atoms with van der Waals surface area (Å²) in [6.45, 7) is 5.28. The summed E-state index contributed by atoms with van der Waals surface area (Å²) in [5.41, 5.74) is 0. The summed E-state index contributed by atoms with van der Waals surface area (Å²) >= 11 is 0. The van der Waals surface area contributed by atoms with E-state index in [0.29, 0.717) is 0 Å². The second-order valence-electron chi connectivity index (χ2n) is 17.3. The zero-order valence-electron chi connectivity index (χ0n) is 39.4. The molecule has 38 nitrogen and oxygen atoms in total. The van der Waals surface area contributed by atoms with Crippen LogP contribution >= 0.6 is 0 Å². The Morgan fingerprint density at radius 2 is 0.803 bits per heavy atom. The molecule has 446 valence electrons. The Morgan fingerprint density at radius 3 is 1.28 bits per heavy atom. The summed E-state index contributed by atoms with van der Waals surface area (Å²) in [4.78, 5) is 12.5. The maximum atomic E-state index is 12.5. The lowest BCUT2D eigenvalue weighted by atomic mass is 9.95. The second kappa shape index (κ2) is 25.1. The first-order chi connectivity index (χ1) is 34.7. The molecule has 0 aliphatic carbocycles. The lowest BCUT2D eigenvalue weighted by molar-refractivity contribution is -0.404. The van der Waals surface area contributed by atoms with Gasteiger partial charge in [-0.1, -0.05) is 6.92 Å². The van der Waals surface area contributed by atoms with Gasteiger partial charge < -0.3 is 83.1 Å². The molecule has 0 aromatic heterocycles. The number of hydrogen-bond acceptors (Lipinski definition) is 32. The molecule has 12 N–H and O–H groups in total. The monoisotopic (exact) mass is 1220 g/mol. The molecule has 5 fully saturated rings. The molecule has 0 aromatic rings. The van der Waals surface area contributed by atoms with Crippen molar-refractivity contribution in [3.05, 3.63) is 0 Å². The molecule has 76 heavy (non-hydrogen) atoms. The molecule has 0 bridgehead atoms. The number of hydrogen-bond donors (Lipinski definition) is 12. The van der Waals surface area contributed by atoms with Gasteiger partial charge in [0.25, 0.3) is 0 Å². The van der Waals surface area contributed by atoms with E-state index in [1.54, 1.807) is 6.92 Å². The van der Waals surface area contributed by atoms with Crippen LogP contribution in [-0.2, 0) is 125 Å². The molecule has 0 radical (unpaired) electrons. The highest BCUT2D eigenvalue weighted by Crippen LogP contribution is 2.40. The van der Waals surface area contributed by atoms with Crippen molar-refractivity contribution in [2.24, 2.45) is 0 Å². The number of ether oxygens (including phenoxy) is 10. The predicted molar refractivity (Wildman–Crippen MR) is 228 cm³/mol. The first kappa shape index (κ1) is 65.0. The van der Waals surface area contributed by atoms with Crippen LogP contribution < -0.4 is 0 Å². The fourth-order valence-electron chi connectivity index (χ4n) is 8.40. The third-order valence-corrected chi connectivity index (χ3v) is 13.9. The van der Waals surface area contributed by atoms with Gasteiger partial charge in [-0.2, -0.15) is 42.1 Å². The Labute approximate surface area is 431 Å². The maximum Gasteiger partial charge on any atom is 0.397 e. The lowest BCUT2D eigenvalue weighted by Gasteiger charge is -2.51. The van der Waals surface area contributed by atoms with E-state index in [2.05, 4.69) is 12.5 Å². The van der Waals surface area contributed by atoms with Gasteiger partial charge >= 0.3 is 58.0 Å². The Bertz CT molecular complexity index is 2530. The van der Waals surface area contributed by atoms with E-state index in [-0.39, 0.29) is 13.0 Å². The lowest BCUT2D eigenvalue weighted by Crippen LogP contribution is -2.69. The fraction of sp³-hybridized carbons (Fsp3) is 0.970. The number of carbonyl (C=O) groups is 1. The van der Waals surface area contributed by atoms with Crippen LogP contribution in [0, 0.1) is 0 Å². The highest BCUT2D eigenvalue weighted by atomic mass is 32.3. The van der Waals surface area contributed by atoms with E-state index in [9.17, 15) is 105 Å². The van der Waals surface area contributed by atoms with Crippen molar-refractivity contribution in [2.45, 2.75) is 195 Å². The summed E-state index contributed by atoms with van der Waals surface area (Å²) in [5, 5.41) is 77.1. The molecule has 0 amide bonds. The minimum atomic E-state index is -5.82. The number of carboxylic acid groups (broad SMARTS) is 1. The first-order valence-electron chi connectivity index (χ1n) is 21.8. The molecule has 5 rings (SSSR count). The van der Waals surface area contributed by atoms with Crippen molar-refractivity contribution >= 4 is 58.0 Å². The molecule has 25 atom stereocenters. The van der Waals surface area contributed by atoms with E-state index in [0.717, 1.165) is 27.7 Å². The molecular formula is C33H56O38S5. The average molecular weight is 1220 g/mol. The molecular weight excluding hydrogens is 1160 g/mol. The van der Waals surface area contributed by atoms with Gasteiger partial charge in [-0.3, -0.25) is 22.8 Å². The SMILES string of the molecule is CCCO[C@H]1O[C@H](C)[C@H](OS(=O)(=O)O)[C@H](O[C@H]2O[C@H](C)[C@H](OS(=O)(=O)O)[C@H](O[C@H]3O[C@H](C)[C@H](OS(=O)(=O)O)[C@H](OS(=O)(=O)O)[C@H]3O)[C@H]2O[C@H]2O[C@H](C(=O)O)[C@@H](O)[C@H](O)[C@H]2O[C@@H]2O[C@H]([C@@H](C)O)[C@@H](OS(=O)(=O)O)[C@@H]2O)[C@H]1O. The quantitative estimate of drug-likeness (QED) is 0.0423.